The van der Waals surface area contributed by atoms with Gasteiger partial charge in [0.1, 0.15) is 12.0 Å². The monoisotopic (exact) mass is 382 g/mol. The highest BCUT2D eigenvalue weighted by atomic mass is 19.1. The van der Waals surface area contributed by atoms with E-state index in [1.54, 1.807) is 12.1 Å². The van der Waals surface area contributed by atoms with E-state index in [9.17, 15) is 14.4 Å². The summed E-state index contributed by atoms with van der Waals surface area (Å²) >= 11 is 0. The Morgan fingerprint density at radius 1 is 1.29 bits per heavy atom. The molecule has 7 heteroatoms. The van der Waals surface area contributed by atoms with Crippen LogP contribution >= 0.6 is 0 Å². The van der Waals surface area contributed by atoms with Gasteiger partial charge in [0.15, 0.2) is 0 Å². The van der Waals surface area contributed by atoms with E-state index in [0.29, 0.717) is 11.1 Å². The van der Waals surface area contributed by atoms with E-state index in [2.05, 4.69) is 5.32 Å². The zero-order valence-corrected chi connectivity index (χ0v) is 15.7. The maximum Gasteiger partial charge on any atom is 0.216 e. The van der Waals surface area contributed by atoms with Crippen molar-refractivity contribution in [2.45, 2.75) is 19.3 Å². The Morgan fingerprint density at radius 3 is 2.86 bits per heavy atom. The molecule has 2 atom stereocenters. The number of nitrogens with one attached hydrogen (secondary N) is 1. The van der Waals surface area contributed by atoms with Crippen LogP contribution < -0.4 is 5.32 Å². The summed E-state index contributed by atoms with van der Waals surface area (Å²) in [5.41, 5.74) is 2.78. The topological polar surface area (TPSA) is 69.6 Å². The number of hydrogen-bond donors (Lipinski definition) is 1. The molecule has 3 aromatic rings. The quantitative estimate of drug-likeness (QED) is 0.752. The van der Waals surface area contributed by atoms with Crippen LogP contribution in [-0.4, -0.2) is 34.7 Å². The van der Waals surface area contributed by atoms with Gasteiger partial charge in [-0.15, -0.1) is 0 Å². The van der Waals surface area contributed by atoms with Crippen LogP contribution in [0.15, 0.2) is 48.7 Å². The molecule has 1 saturated heterocycles. The number of carbonyl (C=O) groups is 1. The Bertz CT molecular complexity index is 1030. The minimum Gasteiger partial charge on any atom is -0.783 e. The van der Waals surface area contributed by atoms with Crippen LogP contribution in [0.5, 0.6) is 0 Å². The zero-order chi connectivity index (χ0) is 19.8. The molecule has 1 aliphatic heterocycles. The lowest BCUT2D eigenvalue weighted by molar-refractivity contribution is -0.119. The molecule has 2 unspecified atom stereocenters. The van der Waals surface area contributed by atoms with Crippen LogP contribution in [-0.2, 0) is 16.6 Å². The minimum atomic E-state index is -0.876. The molecule has 4 rings (SSSR count). The molecule has 0 spiro atoms. The Labute approximate surface area is 162 Å². The summed E-state index contributed by atoms with van der Waals surface area (Å²) in [5.74, 6) is -0.592. The number of aromatic nitrogens is 1. The fourth-order valence-corrected chi connectivity index (χ4v) is 3.57. The molecule has 2 aromatic carbocycles. The summed E-state index contributed by atoms with van der Waals surface area (Å²) in [6, 6.07) is 12.5. The summed E-state index contributed by atoms with van der Waals surface area (Å²) in [7, 11) is 1.97. The Hall–Kier alpha value is -2.74. The number of ether oxygens (including phenoxy) is 1. The molecule has 146 valence electrons. The third kappa shape index (κ3) is 3.52. The van der Waals surface area contributed by atoms with Crippen molar-refractivity contribution in [3.8, 4) is 11.1 Å². The Kier molecular flexibility index (Phi) is 4.89. The molecule has 0 radical (unpaired) electrons. The van der Waals surface area contributed by atoms with Gasteiger partial charge in [0.05, 0.1) is 6.10 Å². The standard InChI is InChI=1S/C21H21FN3O3/c1-13(26)23-11-17-12-25(27)21(28-17)16-3-5-18(19(22)10-16)14-4-6-20-15(9-14)7-8-24(20)2/h3-10,17,21H,11-12H2,1-2H3,(H,23,26)/q-1. The molecule has 1 N–H and O–H groups in total. The molecular formula is C21H21FN3O3-. The van der Waals surface area contributed by atoms with E-state index in [-0.39, 0.29) is 19.0 Å². The fourth-order valence-electron chi connectivity index (χ4n) is 3.57. The molecule has 1 aromatic heterocycles. The largest absolute Gasteiger partial charge is 0.783 e. The van der Waals surface area contributed by atoms with Crippen LogP contribution in [0.2, 0.25) is 0 Å². The molecule has 2 heterocycles. The number of carbonyl (C=O) groups excluding carboxylic acids is 1. The lowest BCUT2D eigenvalue weighted by atomic mass is 10.0. The van der Waals surface area contributed by atoms with E-state index in [1.165, 1.54) is 13.0 Å². The summed E-state index contributed by atoms with van der Waals surface area (Å²) in [6.07, 6.45) is 0.666. The molecule has 1 aliphatic rings. The summed E-state index contributed by atoms with van der Waals surface area (Å²) in [6.45, 7) is 1.78. The molecule has 28 heavy (non-hydrogen) atoms. The van der Waals surface area contributed by atoms with Crippen LogP contribution in [0.1, 0.15) is 18.7 Å². The first-order chi connectivity index (χ1) is 13.4. The van der Waals surface area contributed by atoms with Crippen LogP contribution in [0.4, 0.5) is 4.39 Å². The number of hydroxylamine groups is 2. The Morgan fingerprint density at radius 2 is 2.11 bits per heavy atom. The minimum absolute atomic E-state index is 0.124. The van der Waals surface area contributed by atoms with E-state index in [4.69, 9.17) is 4.74 Å². The van der Waals surface area contributed by atoms with Crippen molar-refractivity contribution in [2.75, 3.05) is 13.1 Å². The zero-order valence-electron chi connectivity index (χ0n) is 15.7. The average Bonchev–Trinajstić information content (AvgIpc) is 3.22. The van der Waals surface area contributed by atoms with Gasteiger partial charge in [-0.3, -0.25) is 4.79 Å². The molecular weight excluding hydrogens is 361 g/mol. The van der Waals surface area contributed by atoms with E-state index < -0.39 is 18.1 Å². The number of aryl methyl sites for hydroxylation is 1. The van der Waals surface area contributed by atoms with Gasteiger partial charge < -0.3 is 24.9 Å². The second-order valence-electron chi connectivity index (χ2n) is 7.09. The van der Waals surface area contributed by atoms with Gasteiger partial charge in [-0.2, -0.15) is 0 Å². The van der Waals surface area contributed by atoms with E-state index in [0.717, 1.165) is 21.5 Å². The number of nitrogens with zero attached hydrogens (tertiary/aromatic N) is 2. The number of benzene rings is 2. The third-order valence-electron chi connectivity index (χ3n) is 5.02. The van der Waals surface area contributed by atoms with Crippen molar-refractivity contribution < 1.29 is 13.9 Å². The van der Waals surface area contributed by atoms with Gasteiger partial charge >= 0.3 is 0 Å². The summed E-state index contributed by atoms with van der Waals surface area (Å²) < 4.78 is 22.5. The smallest absolute Gasteiger partial charge is 0.216 e. The molecule has 0 bridgehead atoms. The number of rotatable bonds is 4. The second-order valence-corrected chi connectivity index (χ2v) is 7.09. The summed E-state index contributed by atoms with van der Waals surface area (Å²) in [5, 5.41) is 16.6. The highest BCUT2D eigenvalue weighted by molar-refractivity contribution is 5.85. The predicted octanol–water partition coefficient (Wildman–Crippen LogP) is 3.32. The Balaban J connectivity index is 1.56. The number of hydrogen-bond acceptors (Lipinski definition) is 4. The predicted molar refractivity (Wildman–Crippen MR) is 105 cm³/mol. The molecule has 0 aliphatic carbocycles. The first-order valence-corrected chi connectivity index (χ1v) is 9.11. The highest BCUT2D eigenvalue weighted by Gasteiger charge is 2.29. The molecule has 0 saturated carbocycles. The first-order valence-electron chi connectivity index (χ1n) is 9.11. The van der Waals surface area contributed by atoms with Crippen LogP contribution in [0.25, 0.3) is 22.0 Å². The lowest BCUT2D eigenvalue weighted by Gasteiger charge is -2.28. The molecule has 1 fully saturated rings. The molecule has 6 nitrogen and oxygen atoms in total. The highest BCUT2D eigenvalue weighted by Crippen LogP contribution is 2.33. The SMILES string of the molecule is CC(=O)NCC1CN([O-])C(c2ccc(-c3ccc4c(ccn4C)c3)c(F)c2)O1. The van der Waals surface area contributed by atoms with Gasteiger partial charge in [-0.25, -0.2) is 4.39 Å². The van der Waals surface area contributed by atoms with Gasteiger partial charge in [-0.05, 0) is 35.4 Å². The third-order valence-corrected chi connectivity index (χ3v) is 5.02. The summed E-state index contributed by atoms with van der Waals surface area (Å²) in [4.78, 5) is 11.0. The van der Waals surface area contributed by atoms with Crippen LogP contribution in [0.3, 0.4) is 0 Å². The van der Waals surface area contributed by atoms with Gasteiger partial charge in [-0.1, -0.05) is 18.2 Å². The van der Waals surface area contributed by atoms with Crippen molar-refractivity contribution in [3.05, 3.63) is 65.2 Å². The van der Waals surface area contributed by atoms with Gasteiger partial charge in [0, 0.05) is 49.7 Å². The first kappa shape index (κ1) is 18.6. The van der Waals surface area contributed by atoms with Crippen molar-refractivity contribution in [1.82, 2.24) is 14.9 Å². The van der Waals surface area contributed by atoms with E-state index in [1.807, 2.05) is 42.1 Å². The lowest BCUT2D eigenvalue weighted by Crippen LogP contribution is -2.32. The second kappa shape index (κ2) is 7.35. The fraction of sp³-hybridized carbons (Fsp3) is 0.286. The maximum atomic E-state index is 14.8. The van der Waals surface area contributed by atoms with Crippen molar-refractivity contribution in [1.29, 1.82) is 0 Å². The molecule has 1 amide bonds. The average molecular weight is 382 g/mol. The van der Waals surface area contributed by atoms with Gasteiger partial charge in [0.2, 0.25) is 5.91 Å². The maximum absolute atomic E-state index is 14.8. The van der Waals surface area contributed by atoms with Crippen LogP contribution in [0, 0.1) is 11.0 Å². The number of amides is 1. The van der Waals surface area contributed by atoms with Crippen molar-refractivity contribution in [3.63, 3.8) is 0 Å². The van der Waals surface area contributed by atoms with E-state index >= 15 is 0 Å². The number of fused-ring (bicyclic) bond motifs is 1. The van der Waals surface area contributed by atoms with Gasteiger partial charge in [0.25, 0.3) is 0 Å². The normalized spacial score (nSPS) is 20.0. The van der Waals surface area contributed by atoms with Crippen molar-refractivity contribution >= 4 is 16.8 Å². The number of halogens is 1. The van der Waals surface area contributed by atoms with Crippen molar-refractivity contribution in [2.24, 2.45) is 7.05 Å².